The molecule has 0 N–H and O–H groups in total. The second kappa shape index (κ2) is 12.0. The van der Waals surface area contributed by atoms with E-state index in [-0.39, 0.29) is 28.2 Å². The van der Waals surface area contributed by atoms with Gasteiger partial charge in [-0.2, -0.15) is 0 Å². The maximum Gasteiger partial charge on any atom is 0.337 e. The fourth-order valence-corrected chi connectivity index (χ4v) is 5.27. The molecule has 0 unspecified atom stereocenters. The molecule has 2 aliphatic rings. The molecule has 2 atom stereocenters. The molecule has 0 bridgehead atoms. The van der Waals surface area contributed by atoms with Crippen molar-refractivity contribution in [3.8, 4) is 0 Å². The van der Waals surface area contributed by atoms with Gasteiger partial charge in [0.15, 0.2) is 0 Å². The number of nitro benzene ring substituents is 1. The van der Waals surface area contributed by atoms with Crippen LogP contribution in [0, 0.1) is 15.0 Å². The second-order valence-corrected chi connectivity index (χ2v) is 9.56. The van der Waals surface area contributed by atoms with Gasteiger partial charge in [0.2, 0.25) is 0 Å². The Labute approximate surface area is 225 Å². The first-order valence-corrected chi connectivity index (χ1v) is 12.6. The van der Waals surface area contributed by atoms with Crippen LogP contribution < -0.4 is 0 Å². The highest BCUT2D eigenvalue weighted by Gasteiger charge is 2.42. The van der Waals surface area contributed by atoms with E-state index in [4.69, 9.17) is 9.47 Å². The van der Waals surface area contributed by atoms with Gasteiger partial charge in [0.05, 0.1) is 45.8 Å². The number of rotatable bonds is 8. The number of benzene rings is 2. The summed E-state index contributed by atoms with van der Waals surface area (Å²) in [6, 6.07) is 15.7. The van der Waals surface area contributed by atoms with Crippen molar-refractivity contribution in [2.45, 2.75) is 45.3 Å². The number of methoxy groups -OCH3 is 1. The van der Waals surface area contributed by atoms with Gasteiger partial charge in [-0.15, -0.1) is 4.91 Å². The Morgan fingerprint density at radius 1 is 1.05 bits per heavy atom. The lowest BCUT2D eigenvalue weighted by Gasteiger charge is -2.35. The Balaban J connectivity index is 1.69. The van der Waals surface area contributed by atoms with Crippen molar-refractivity contribution in [2.24, 2.45) is 5.29 Å². The SMILES string of the molecule is COC(=O)C1=C(C)N(N=O)C(C)=C(C(=O)O[C@@H]2CCCN(Cc3ccccc3)C2)[C@@H]1c1cccc([N+](=O)[O-])c1. The summed E-state index contributed by atoms with van der Waals surface area (Å²) in [6.45, 7) is 5.12. The molecule has 204 valence electrons. The van der Waals surface area contributed by atoms with Gasteiger partial charge < -0.3 is 9.47 Å². The number of hydrogen-bond donors (Lipinski definition) is 0. The molecule has 0 aromatic heterocycles. The predicted octanol–water partition coefficient (Wildman–Crippen LogP) is 4.60. The average molecular weight is 535 g/mol. The fourth-order valence-electron chi connectivity index (χ4n) is 5.27. The number of non-ortho nitro benzene ring substituents is 1. The van der Waals surface area contributed by atoms with Crippen LogP contribution >= 0.6 is 0 Å². The maximum atomic E-state index is 13.8. The van der Waals surface area contributed by atoms with E-state index in [1.54, 1.807) is 6.07 Å². The molecule has 11 nitrogen and oxygen atoms in total. The number of esters is 2. The van der Waals surface area contributed by atoms with Crippen molar-refractivity contribution >= 4 is 17.6 Å². The number of hydrogen-bond acceptors (Lipinski definition) is 9. The summed E-state index contributed by atoms with van der Waals surface area (Å²) in [4.78, 5) is 51.7. The topological polar surface area (TPSA) is 132 Å². The van der Waals surface area contributed by atoms with Gasteiger partial charge in [0.1, 0.15) is 6.10 Å². The molecule has 0 radical (unpaired) electrons. The van der Waals surface area contributed by atoms with Crippen molar-refractivity contribution in [1.82, 2.24) is 9.91 Å². The zero-order chi connectivity index (χ0) is 28.1. The first-order valence-electron chi connectivity index (χ1n) is 12.6. The van der Waals surface area contributed by atoms with Crippen molar-refractivity contribution < 1.29 is 24.0 Å². The van der Waals surface area contributed by atoms with E-state index >= 15 is 0 Å². The number of likely N-dealkylation sites (tertiary alicyclic amines) is 1. The van der Waals surface area contributed by atoms with Crippen LogP contribution in [0.25, 0.3) is 0 Å². The Kier molecular flexibility index (Phi) is 8.50. The van der Waals surface area contributed by atoms with Crippen molar-refractivity contribution in [2.75, 3.05) is 20.2 Å². The molecule has 2 heterocycles. The normalized spacial score (nSPS) is 20.0. The first kappa shape index (κ1) is 27.6. The van der Waals surface area contributed by atoms with Crippen LogP contribution in [0.1, 0.15) is 43.7 Å². The number of nitro groups is 1. The smallest absolute Gasteiger partial charge is 0.337 e. The molecule has 2 aromatic rings. The van der Waals surface area contributed by atoms with Gasteiger partial charge in [0.25, 0.3) is 5.69 Å². The molecule has 2 aliphatic heterocycles. The quantitative estimate of drug-likeness (QED) is 0.206. The van der Waals surface area contributed by atoms with E-state index in [9.17, 15) is 24.6 Å². The molecule has 0 amide bonds. The third kappa shape index (κ3) is 5.88. The number of ether oxygens (including phenoxy) is 2. The maximum absolute atomic E-state index is 13.8. The molecule has 1 fully saturated rings. The minimum absolute atomic E-state index is 0.00119. The molecule has 0 saturated carbocycles. The second-order valence-electron chi connectivity index (χ2n) is 9.56. The van der Waals surface area contributed by atoms with Crippen LogP contribution in [0.15, 0.2) is 82.4 Å². The summed E-state index contributed by atoms with van der Waals surface area (Å²) in [6.07, 6.45) is 1.05. The lowest BCUT2D eigenvalue weighted by molar-refractivity contribution is -0.384. The van der Waals surface area contributed by atoms with Crippen molar-refractivity contribution in [1.29, 1.82) is 0 Å². The Bertz CT molecular complexity index is 1340. The minimum Gasteiger partial charge on any atom is -0.466 e. The lowest BCUT2D eigenvalue weighted by atomic mass is 9.80. The van der Waals surface area contributed by atoms with E-state index in [0.29, 0.717) is 25.1 Å². The monoisotopic (exact) mass is 534 g/mol. The molecule has 0 spiro atoms. The summed E-state index contributed by atoms with van der Waals surface area (Å²) < 4.78 is 11.0. The number of carbonyl (C=O) groups excluding carboxylic acids is 2. The van der Waals surface area contributed by atoms with Crippen LogP contribution in [0.2, 0.25) is 0 Å². The van der Waals surface area contributed by atoms with Gasteiger partial charge >= 0.3 is 11.9 Å². The minimum atomic E-state index is -1.06. The van der Waals surface area contributed by atoms with E-state index in [1.165, 1.54) is 39.2 Å². The first-order chi connectivity index (χ1) is 18.7. The van der Waals surface area contributed by atoms with Crippen LogP contribution in [0.4, 0.5) is 5.69 Å². The fraction of sp³-hybridized carbons (Fsp3) is 0.357. The molecular formula is C28H30N4O7. The summed E-state index contributed by atoms with van der Waals surface area (Å²) in [7, 11) is 1.18. The Morgan fingerprint density at radius 3 is 2.38 bits per heavy atom. The molecule has 0 aliphatic carbocycles. The van der Waals surface area contributed by atoms with Gasteiger partial charge in [-0.1, -0.05) is 42.5 Å². The Hall–Kier alpha value is -4.38. The zero-order valence-corrected chi connectivity index (χ0v) is 22.0. The predicted molar refractivity (Wildman–Crippen MR) is 142 cm³/mol. The number of nitrogens with zero attached hydrogens (tertiary/aromatic N) is 4. The summed E-state index contributed by atoms with van der Waals surface area (Å²) in [5.41, 5.74) is 1.57. The highest BCUT2D eigenvalue weighted by atomic mass is 16.6. The molecule has 4 rings (SSSR count). The highest BCUT2D eigenvalue weighted by molar-refractivity contribution is 6.00. The number of carbonyl (C=O) groups is 2. The molecule has 2 aromatic carbocycles. The lowest BCUT2D eigenvalue weighted by Crippen LogP contribution is -2.41. The van der Waals surface area contributed by atoms with E-state index < -0.39 is 28.9 Å². The van der Waals surface area contributed by atoms with E-state index in [0.717, 1.165) is 23.5 Å². The van der Waals surface area contributed by atoms with E-state index in [1.807, 2.05) is 30.3 Å². The summed E-state index contributed by atoms with van der Waals surface area (Å²) in [5.74, 6) is -2.58. The number of allylic oxidation sites excluding steroid dienone is 2. The van der Waals surface area contributed by atoms with Crippen LogP contribution in [0.5, 0.6) is 0 Å². The van der Waals surface area contributed by atoms with Gasteiger partial charge in [-0.3, -0.25) is 15.0 Å². The number of piperidine rings is 1. The third-order valence-electron chi connectivity index (χ3n) is 7.10. The molecule has 1 saturated heterocycles. The molecular weight excluding hydrogens is 504 g/mol. The van der Waals surface area contributed by atoms with E-state index in [2.05, 4.69) is 10.2 Å². The van der Waals surface area contributed by atoms with Gasteiger partial charge in [0, 0.05) is 25.2 Å². The summed E-state index contributed by atoms with van der Waals surface area (Å²) in [5, 5.41) is 15.5. The molecule has 11 heteroatoms. The highest BCUT2D eigenvalue weighted by Crippen LogP contribution is 2.43. The van der Waals surface area contributed by atoms with Gasteiger partial charge in [-0.05, 0) is 44.4 Å². The summed E-state index contributed by atoms with van der Waals surface area (Å²) >= 11 is 0. The standard InChI is InChI=1S/C28H30N4O7/c1-18-24(27(33)38-3)26(21-11-7-12-22(15-21)32(36)37)25(19(2)31(18)29-35)28(34)39-23-13-8-14-30(17-23)16-20-9-5-4-6-10-20/h4-7,9-12,15,23,26H,8,13-14,16-17H2,1-3H3/t23-,26-/m1/s1. The Morgan fingerprint density at radius 2 is 1.74 bits per heavy atom. The largest absolute Gasteiger partial charge is 0.466 e. The zero-order valence-electron chi connectivity index (χ0n) is 22.0. The van der Waals surface area contributed by atoms with Crippen LogP contribution in [-0.4, -0.2) is 53.1 Å². The average Bonchev–Trinajstić information content (AvgIpc) is 2.93. The van der Waals surface area contributed by atoms with Crippen LogP contribution in [0.3, 0.4) is 0 Å². The number of nitroso groups, excluding NO2 is 1. The van der Waals surface area contributed by atoms with Crippen molar-refractivity contribution in [3.63, 3.8) is 0 Å². The van der Waals surface area contributed by atoms with Gasteiger partial charge in [-0.25, -0.2) is 14.6 Å². The van der Waals surface area contributed by atoms with Crippen LogP contribution in [-0.2, 0) is 25.6 Å². The molecule has 39 heavy (non-hydrogen) atoms. The third-order valence-corrected chi connectivity index (χ3v) is 7.10. The van der Waals surface area contributed by atoms with Crippen molar-refractivity contribution in [3.05, 3.63) is 103 Å².